The number of carbonyl (C=O) groups is 1. The Morgan fingerprint density at radius 3 is 3.05 bits per heavy atom. The Bertz CT molecular complexity index is 467. The molecule has 1 aliphatic heterocycles. The van der Waals surface area contributed by atoms with Crippen LogP contribution in [-0.2, 0) is 4.79 Å². The van der Waals surface area contributed by atoms with Gasteiger partial charge in [-0.25, -0.2) is 0 Å². The molecule has 4 nitrogen and oxygen atoms in total. The Morgan fingerprint density at radius 2 is 2.36 bits per heavy atom. The zero-order valence-electron chi connectivity index (χ0n) is 12.8. The van der Waals surface area contributed by atoms with Crippen LogP contribution in [0.25, 0.3) is 0 Å². The third-order valence-corrected chi connectivity index (χ3v) is 4.16. The lowest BCUT2D eigenvalue weighted by molar-refractivity contribution is -0.121. The number of benzene rings is 1. The molecule has 124 valence electrons. The first-order valence-electron chi connectivity index (χ1n) is 7.53. The van der Waals surface area contributed by atoms with E-state index in [1.807, 2.05) is 31.2 Å². The van der Waals surface area contributed by atoms with Crippen molar-refractivity contribution in [3.63, 3.8) is 0 Å². The van der Waals surface area contributed by atoms with Crippen molar-refractivity contribution in [3.8, 4) is 5.75 Å². The van der Waals surface area contributed by atoms with Crippen LogP contribution in [0, 0.1) is 5.92 Å². The van der Waals surface area contributed by atoms with Crippen LogP contribution in [-0.4, -0.2) is 31.6 Å². The molecule has 0 bridgehead atoms. The Balaban J connectivity index is 0.00000242. The Hall–Kier alpha value is -0.780. The van der Waals surface area contributed by atoms with Crippen molar-refractivity contribution in [2.45, 2.75) is 32.3 Å². The molecule has 1 heterocycles. The minimum atomic E-state index is -0.0450. The third-order valence-electron chi connectivity index (χ3n) is 3.66. The summed E-state index contributed by atoms with van der Waals surface area (Å²) in [7, 11) is 0. The SMILES string of the molecule is CC(CNC(=O)CCC1CCNC1)Oc1cccc(Br)c1.Cl. The number of hydrogen-bond donors (Lipinski definition) is 2. The van der Waals surface area contributed by atoms with Gasteiger partial charge in [-0.3, -0.25) is 4.79 Å². The fourth-order valence-electron chi connectivity index (χ4n) is 2.46. The van der Waals surface area contributed by atoms with Crippen LogP contribution in [0.5, 0.6) is 5.75 Å². The maximum atomic E-state index is 11.8. The van der Waals surface area contributed by atoms with Gasteiger partial charge in [-0.05, 0) is 57.0 Å². The van der Waals surface area contributed by atoms with E-state index in [9.17, 15) is 4.79 Å². The molecule has 1 amide bonds. The first-order chi connectivity index (χ1) is 10.1. The topological polar surface area (TPSA) is 50.4 Å². The molecule has 2 rings (SSSR count). The fourth-order valence-corrected chi connectivity index (χ4v) is 2.83. The number of carbonyl (C=O) groups excluding carboxylic acids is 1. The van der Waals surface area contributed by atoms with Crippen molar-refractivity contribution in [2.75, 3.05) is 19.6 Å². The quantitative estimate of drug-likeness (QED) is 0.751. The number of hydrogen-bond acceptors (Lipinski definition) is 3. The summed E-state index contributed by atoms with van der Waals surface area (Å²) in [5.74, 6) is 1.58. The van der Waals surface area contributed by atoms with Gasteiger partial charge in [0.2, 0.25) is 5.91 Å². The summed E-state index contributed by atoms with van der Waals surface area (Å²) in [6, 6.07) is 7.72. The zero-order valence-corrected chi connectivity index (χ0v) is 15.2. The van der Waals surface area contributed by atoms with Gasteiger partial charge in [-0.15, -0.1) is 12.4 Å². The molecule has 1 aliphatic rings. The van der Waals surface area contributed by atoms with Gasteiger partial charge < -0.3 is 15.4 Å². The maximum absolute atomic E-state index is 11.8. The predicted molar refractivity (Wildman–Crippen MR) is 94.7 cm³/mol. The van der Waals surface area contributed by atoms with Gasteiger partial charge in [0, 0.05) is 10.9 Å². The average Bonchev–Trinajstić information content (AvgIpc) is 2.96. The molecule has 1 saturated heterocycles. The molecule has 1 fully saturated rings. The van der Waals surface area contributed by atoms with Crippen LogP contribution >= 0.6 is 28.3 Å². The number of rotatable bonds is 7. The van der Waals surface area contributed by atoms with Crippen molar-refractivity contribution >= 4 is 34.2 Å². The van der Waals surface area contributed by atoms with E-state index in [4.69, 9.17) is 4.74 Å². The monoisotopic (exact) mass is 390 g/mol. The molecule has 0 aromatic heterocycles. The van der Waals surface area contributed by atoms with Crippen LogP contribution < -0.4 is 15.4 Å². The van der Waals surface area contributed by atoms with Crippen LogP contribution in [0.2, 0.25) is 0 Å². The highest BCUT2D eigenvalue weighted by Crippen LogP contribution is 2.18. The normalized spacial score (nSPS) is 18.4. The number of ether oxygens (including phenoxy) is 1. The summed E-state index contributed by atoms with van der Waals surface area (Å²) in [5.41, 5.74) is 0. The van der Waals surface area contributed by atoms with Crippen molar-refractivity contribution in [1.29, 1.82) is 0 Å². The molecule has 1 aromatic rings. The molecule has 22 heavy (non-hydrogen) atoms. The summed E-state index contributed by atoms with van der Waals surface area (Å²) >= 11 is 3.41. The van der Waals surface area contributed by atoms with Gasteiger partial charge in [0.1, 0.15) is 11.9 Å². The first-order valence-corrected chi connectivity index (χ1v) is 8.32. The minimum Gasteiger partial charge on any atom is -0.489 e. The molecule has 2 N–H and O–H groups in total. The first kappa shape index (κ1) is 19.3. The highest BCUT2D eigenvalue weighted by Gasteiger charge is 2.16. The van der Waals surface area contributed by atoms with Crippen molar-refractivity contribution in [1.82, 2.24) is 10.6 Å². The van der Waals surface area contributed by atoms with Gasteiger partial charge >= 0.3 is 0 Å². The predicted octanol–water partition coefficient (Wildman–Crippen LogP) is 3.14. The lowest BCUT2D eigenvalue weighted by Gasteiger charge is -2.16. The summed E-state index contributed by atoms with van der Waals surface area (Å²) in [6.45, 7) is 4.63. The Labute approximate surface area is 146 Å². The van der Waals surface area contributed by atoms with Gasteiger partial charge in [0.25, 0.3) is 0 Å². The van der Waals surface area contributed by atoms with Crippen molar-refractivity contribution in [2.24, 2.45) is 5.92 Å². The highest BCUT2D eigenvalue weighted by atomic mass is 79.9. The molecule has 0 saturated carbocycles. The van der Waals surface area contributed by atoms with Crippen LogP contribution in [0.15, 0.2) is 28.7 Å². The average molecular weight is 392 g/mol. The summed E-state index contributed by atoms with van der Waals surface area (Å²) in [5, 5.41) is 6.27. The molecule has 0 spiro atoms. The Morgan fingerprint density at radius 1 is 1.55 bits per heavy atom. The van der Waals surface area contributed by atoms with Gasteiger partial charge in [0.15, 0.2) is 0 Å². The number of amides is 1. The summed E-state index contributed by atoms with van der Waals surface area (Å²) in [4.78, 5) is 11.8. The second-order valence-electron chi connectivity index (χ2n) is 5.59. The van der Waals surface area contributed by atoms with E-state index in [1.54, 1.807) is 0 Å². The molecule has 6 heteroatoms. The minimum absolute atomic E-state index is 0. The van der Waals surface area contributed by atoms with E-state index < -0.39 is 0 Å². The number of halogens is 2. The second-order valence-corrected chi connectivity index (χ2v) is 6.50. The molecule has 1 aromatic carbocycles. The second kappa shape index (κ2) is 10.1. The molecule has 0 radical (unpaired) electrons. The van der Waals surface area contributed by atoms with Crippen molar-refractivity contribution < 1.29 is 9.53 Å². The smallest absolute Gasteiger partial charge is 0.220 e. The standard InChI is InChI=1S/C16H23BrN2O2.ClH/c1-12(21-15-4-2-3-14(17)9-15)10-19-16(20)6-5-13-7-8-18-11-13;/h2-4,9,12-13,18H,5-8,10-11H2,1H3,(H,19,20);1H. The van der Waals surface area contributed by atoms with E-state index in [1.165, 1.54) is 6.42 Å². The lowest BCUT2D eigenvalue weighted by Crippen LogP contribution is -2.33. The molecule has 2 unspecified atom stereocenters. The fraction of sp³-hybridized carbons (Fsp3) is 0.562. The molecular formula is C16H24BrClN2O2. The van der Waals surface area contributed by atoms with E-state index in [-0.39, 0.29) is 24.4 Å². The van der Waals surface area contributed by atoms with Gasteiger partial charge in [0.05, 0.1) is 6.54 Å². The molecule has 0 aliphatic carbocycles. The van der Waals surface area contributed by atoms with Crippen LogP contribution in [0.1, 0.15) is 26.2 Å². The highest BCUT2D eigenvalue weighted by molar-refractivity contribution is 9.10. The molecular weight excluding hydrogens is 368 g/mol. The van der Waals surface area contributed by atoms with E-state index in [0.29, 0.717) is 18.9 Å². The Kier molecular flexibility index (Phi) is 8.83. The number of nitrogens with one attached hydrogen (secondary N) is 2. The van der Waals surface area contributed by atoms with Gasteiger partial charge in [-0.1, -0.05) is 22.0 Å². The van der Waals surface area contributed by atoms with Crippen molar-refractivity contribution in [3.05, 3.63) is 28.7 Å². The van der Waals surface area contributed by atoms with E-state index in [0.717, 1.165) is 29.7 Å². The van der Waals surface area contributed by atoms with E-state index in [2.05, 4.69) is 26.6 Å². The van der Waals surface area contributed by atoms with Crippen LogP contribution in [0.4, 0.5) is 0 Å². The zero-order chi connectivity index (χ0) is 15.1. The maximum Gasteiger partial charge on any atom is 0.220 e. The van der Waals surface area contributed by atoms with Gasteiger partial charge in [-0.2, -0.15) is 0 Å². The summed E-state index contributed by atoms with van der Waals surface area (Å²) < 4.78 is 6.76. The summed E-state index contributed by atoms with van der Waals surface area (Å²) in [6.07, 6.45) is 2.72. The third kappa shape index (κ3) is 6.99. The lowest BCUT2D eigenvalue weighted by atomic mass is 10.0. The van der Waals surface area contributed by atoms with Crippen LogP contribution in [0.3, 0.4) is 0 Å². The largest absolute Gasteiger partial charge is 0.489 e. The molecule has 2 atom stereocenters. The van der Waals surface area contributed by atoms with E-state index >= 15 is 0 Å².